The van der Waals surface area contributed by atoms with E-state index in [2.05, 4.69) is 38.1 Å². The summed E-state index contributed by atoms with van der Waals surface area (Å²) in [7, 11) is 1.76. The normalized spacial score (nSPS) is 14.8. The van der Waals surface area contributed by atoms with Crippen molar-refractivity contribution in [3.05, 3.63) is 35.4 Å². The van der Waals surface area contributed by atoms with E-state index in [-0.39, 0.29) is 6.10 Å². The quantitative estimate of drug-likeness (QED) is 0.801. The molecule has 0 aliphatic carbocycles. The Bertz CT molecular complexity index is 311. The van der Waals surface area contributed by atoms with Crippen LogP contribution in [0.1, 0.15) is 24.5 Å². The molecule has 2 atom stereocenters. The minimum Gasteiger partial charge on any atom is -0.382 e. The van der Waals surface area contributed by atoms with E-state index in [9.17, 15) is 0 Å². The predicted molar refractivity (Wildman–Crippen MR) is 68.5 cm³/mol. The van der Waals surface area contributed by atoms with Gasteiger partial charge in [0.05, 0.1) is 6.10 Å². The predicted octanol–water partition coefficient (Wildman–Crippen LogP) is 2.54. The molecule has 2 unspecified atom stereocenters. The Morgan fingerprint density at radius 3 is 2.56 bits per heavy atom. The summed E-state index contributed by atoms with van der Waals surface area (Å²) in [6.45, 7) is 4.98. The van der Waals surface area contributed by atoms with Crippen LogP contribution in [0.4, 0.5) is 0 Å². The largest absolute Gasteiger partial charge is 0.382 e. The molecule has 0 amide bonds. The minimum atomic E-state index is 0.289. The van der Waals surface area contributed by atoms with E-state index in [0.29, 0.717) is 5.92 Å². The van der Waals surface area contributed by atoms with Gasteiger partial charge in [0.1, 0.15) is 0 Å². The van der Waals surface area contributed by atoms with E-state index in [1.54, 1.807) is 7.11 Å². The van der Waals surface area contributed by atoms with Crippen LogP contribution < -0.4 is 5.73 Å². The fourth-order valence-electron chi connectivity index (χ4n) is 1.98. The highest BCUT2D eigenvalue weighted by Crippen LogP contribution is 2.17. The van der Waals surface area contributed by atoms with Gasteiger partial charge >= 0.3 is 0 Å². The first-order valence-electron chi connectivity index (χ1n) is 5.94. The van der Waals surface area contributed by atoms with Crippen molar-refractivity contribution in [2.75, 3.05) is 13.7 Å². The van der Waals surface area contributed by atoms with Gasteiger partial charge in [-0.15, -0.1) is 0 Å². The molecule has 0 aliphatic heterocycles. The fraction of sp³-hybridized carbons (Fsp3) is 0.571. The van der Waals surface area contributed by atoms with E-state index in [1.807, 2.05) is 0 Å². The highest BCUT2D eigenvalue weighted by Gasteiger charge is 2.12. The van der Waals surface area contributed by atoms with Crippen molar-refractivity contribution >= 4 is 0 Å². The molecule has 2 heteroatoms. The van der Waals surface area contributed by atoms with Crippen LogP contribution in [-0.4, -0.2) is 19.8 Å². The lowest BCUT2D eigenvalue weighted by Crippen LogP contribution is -2.22. The van der Waals surface area contributed by atoms with Crippen molar-refractivity contribution in [3.63, 3.8) is 0 Å². The van der Waals surface area contributed by atoms with E-state index in [0.717, 1.165) is 19.4 Å². The Balaban J connectivity index is 2.60. The van der Waals surface area contributed by atoms with E-state index < -0.39 is 0 Å². The Morgan fingerprint density at radius 2 is 2.00 bits per heavy atom. The molecule has 2 N–H and O–H groups in total. The lowest BCUT2D eigenvalue weighted by Gasteiger charge is -2.19. The summed E-state index contributed by atoms with van der Waals surface area (Å²) in [6.07, 6.45) is 2.37. The number of ether oxygens (including phenoxy) is 1. The highest BCUT2D eigenvalue weighted by molar-refractivity contribution is 5.25. The van der Waals surface area contributed by atoms with Crippen molar-refractivity contribution in [2.24, 2.45) is 11.7 Å². The Hall–Kier alpha value is -0.860. The molecule has 0 saturated heterocycles. The van der Waals surface area contributed by atoms with Gasteiger partial charge in [-0.1, -0.05) is 24.3 Å². The first-order chi connectivity index (χ1) is 7.67. The van der Waals surface area contributed by atoms with Gasteiger partial charge in [0, 0.05) is 7.11 Å². The number of nitrogens with two attached hydrogens (primary N) is 1. The molecule has 1 rings (SSSR count). The van der Waals surface area contributed by atoms with Crippen LogP contribution in [-0.2, 0) is 11.2 Å². The lowest BCUT2D eigenvalue weighted by atomic mass is 9.92. The molecule has 0 aromatic heterocycles. The minimum absolute atomic E-state index is 0.289. The van der Waals surface area contributed by atoms with Gasteiger partial charge in [0.25, 0.3) is 0 Å². The molecule has 0 heterocycles. The summed E-state index contributed by atoms with van der Waals surface area (Å²) in [5.41, 5.74) is 8.57. The van der Waals surface area contributed by atoms with Crippen LogP contribution in [0.5, 0.6) is 0 Å². The van der Waals surface area contributed by atoms with Gasteiger partial charge in [-0.3, -0.25) is 0 Å². The average molecular weight is 221 g/mol. The number of methoxy groups -OCH3 is 1. The van der Waals surface area contributed by atoms with Crippen LogP contribution in [0.25, 0.3) is 0 Å². The van der Waals surface area contributed by atoms with Gasteiger partial charge in [-0.05, 0) is 50.3 Å². The molecule has 0 aliphatic rings. The summed E-state index contributed by atoms with van der Waals surface area (Å²) in [6, 6.07) is 8.52. The zero-order chi connectivity index (χ0) is 12.0. The highest BCUT2D eigenvalue weighted by atomic mass is 16.5. The smallest absolute Gasteiger partial charge is 0.0546 e. The molecule has 16 heavy (non-hydrogen) atoms. The summed E-state index contributed by atoms with van der Waals surface area (Å²) in [4.78, 5) is 0. The number of hydrogen-bond donors (Lipinski definition) is 1. The molecule has 0 saturated carbocycles. The lowest BCUT2D eigenvalue weighted by molar-refractivity contribution is 0.0959. The molecule has 0 fully saturated rings. The molecule has 0 spiro atoms. The van der Waals surface area contributed by atoms with Crippen molar-refractivity contribution in [2.45, 2.75) is 32.8 Å². The molecular formula is C14H23NO. The number of aryl methyl sites for hydroxylation is 1. The number of benzene rings is 1. The van der Waals surface area contributed by atoms with Crippen LogP contribution in [0, 0.1) is 12.8 Å². The van der Waals surface area contributed by atoms with Crippen molar-refractivity contribution in [1.29, 1.82) is 0 Å². The van der Waals surface area contributed by atoms with Gasteiger partial charge in [0.2, 0.25) is 0 Å². The summed E-state index contributed by atoms with van der Waals surface area (Å²) in [5, 5.41) is 0. The second kappa shape index (κ2) is 6.66. The van der Waals surface area contributed by atoms with Crippen molar-refractivity contribution in [3.8, 4) is 0 Å². The SMILES string of the molecule is COC(C)CC(CN)Cc1ccccc1C. The van der Waals surface area contributed by atoms with Crippen LogP contribution >= 0.6 is 0 Å². The molecule has 0 bridgehead atoms. The van der Waals surface area contributed by atoms with Crippen LogP contribution in [0.3, 0.4) is 0 Å². The maximum absolute atomic E-state index is 5.82. The van der Waals surface area contributed by atoms with Crippen LogP contribution in [0.2, 0.25) is 0 Å². The third kappa shape index (κ3) is 3.95. The summed E-state index contributed by atoms with van der Waals surface area (Å²) < 4.78 is 5.29. The maximum atomic E-state index is 5.82. The molecule has 90 valence electrons. The van der Waals surface area contributed by atoms with Gasteiger partial charge in [-0.25, -0.2) is 0 Å². The monoisotopic (exact) mass is 221 g/mol. The fourth-order valence-corrected chi connectivity index (χ4v) is 1.98. The molecule has 1 aromatic rings. The summed E-state index contributed by atoms with van der Waals surface area (Å²) in [5.74, 6) is 0.510. The molecular weight excluding hydrogens is 198 g/mol. The molecule has 0 radical (unpaired) electrons. The second-order valence-electron chi connectivity index (χ2n) is 4.51. The van der Waals surface area contributed by atoms with Gasteiger partial charge in [-0.2, -0.15) is 0 Å². The number of hydrogen-bond acceptors (Lipinski definition) is 2. The van der Waals surface area contributed by atoms with Gasteiger partial charge in [0.15, 0.2) is 0 Å². The first kappa shape index (κ1) is 13.2. The Labute approximate surface area is 98.8 Å². The second-order valence-corrected chi connectivity index (χ2v) is 4.51. The standard InChI is InChI=1S/C14H23NO/c1-11-6-4-5-7-14(11)9-13(10-15)8-12(2)16-3/h4-7,12-13H,8-10,15H2,1-3H3. The summed E-state index contributed by atoms with van der Waals surface area (Å²) >= 11 is 0. The average Bonchev–Trinajstić information content (AvgIpc) is 2.30. The van der Waals surface area contributed by atoms with E-state index >= 15 is 0 Å². The van der Waals surface area contributed by atoms with Crippen molar-refractivity contribution in [1.82, 2.24) is 0 Å². The molecule has 1 aromatic carbocycles. The third-order valence-electron chi connectivity index (χ3n) is 3.17. The number of rotatable bonds is 6. The van der Waals surface area contributed by atoms with E-state index in [1.165, 1.54) is 11.1 Å². The Morgan fingerprint density at radius 1 is 1.31 bits per heavy atom. The van der Waals surface area contributed by atoms with E-state index in [4.69, 9.17) is 10.5 Å². The maximum Gasteiger partial charge on any atom is 0.0546 e. The topological polar surface area (TPSA) is 35.2 Å². The first-order valence-corrected chi connectivity index (χ1v) is 5.94. The van der Waals surface area contributed by atoms with Gasteiger partial charge < -0.3 is 10.5 Å². The Kier molecular flexibility index (Phi) is 5.50. The zero-order valence-electron chi connectivity index (χ0n) is 10.6. The third-order valence-corrected chi connectivity index (χ3v) is 3.17. The van der Waals surface area contributed by atoms with Crippen LogP contribution in [0.15, 0.2) is 24.3 Å². The molecule has 2 nitrogen and oxygen atoms in total. The van der Waals surface area contributed by atoms with Crippen molar-refractivity contribution < 1.29 is 4.74 Å². The zero-order valence-corrected chi connectivity index (χ0v) is 10.6.